The van der Waals surface area contributed by atoms with Crippen LogP contribution in [0, 0.1) is 0 Å². The number of hydrogen-bond acceptors (Lipinski definition) is 5. The number of rotatable bonds is 6. The molecule has 30 heavy (non-hydrogen) atoms. The van der Waals surface area contributed by atoms with Gasteiger partial charge in [-0.1, -0.05) is 30.7 Å². The van der Waals surface area contributed by atoms with Crippen LogP contribution in [-0.4, -0.2) is 9.97 Å². The molecule has 152 valence electrons. The summed E-state index contributed by atoms with van der Waals surface area (Å²) in [7, 11) is 0. The zero-order chi connectivity index (χ0) is 20.5. The smallest absolute Gasteiger partial charge is 0.143 e. The minimum atomic E-state index is 0.726. The molecule has 0 amide bonds. The van der Waals surface area contributed by atoms with Gasteiger partial charge in [0.1, 0.15) is 16.5 Å². The van der Waals surface area contributed by atoms with Crippen LogP contribution >= 0.6 is 34.7 Å². The van der Waals surface area contributed by atoms with Crippen LogP contribution in [0.5, 0.6) is 0 Å². The van der Waals surface area contributed by atoms with Crippen molar-refractivity contribution >= 4 is 56.4 Å². The van der Waals surface area contributed by atoms with Crippen LogP contribution < -0.4 is 5.32 Å². The van der Waals surface area contributed by atoms with E-state index in [0.29, 0.717) is 0 Å². The Labute approximate surface area is 189 Å². The predicted molar refractivity (Wildman–Crippen MR) is 130 cm³/mol. The Hall–Kier alpha value is -2.08. The number of thioether (sulfide) groups is 1. The van der Waals surface area contributed by atoms with Gasteiger partial charge >= 0.3 is 0 Å². The fourth-order valence-corrected chi connectivity index (χ4v) is 6.04. The van der Waals surface area contributed by atoms with E-state index in [4.69, 9.17) is 21.6 Å². The second kappa shape index (κ2) is 8.58. The normalized spacial score (nSPS) is 13.0. The average Bonchev–Trinajstić information content (AvgIpc) is 3.34. The summed E-state index contributed by atoms with van der Waals surface area (Å²) in [5.74, 6) is 2.53. The molecule has 6 heteroatoms. The molecule has 0 spiro atoms. The van der Waals surface area contributed by atoms with Gasteiger partial charge in [-0.25, -0.2) is 9.97 Å². The molecule has 2 aromatic heterocycles. The first-order valence-corrected chi connectivity index (χ1v) is 12.4. The van der Waals surface area contributed by atoms with Crippen LogP contribution in [0.3, 0.4) is 0 Å². The summed E-state index contributed by atoms with van der Waals surface area (Å²) in [6, 6.07) is 16.5. The third kappa shape index (κ3) is 4.07. The second-order valence-corrected chi connectivity index (χ2v) is 10.0. The van der Waals surface area contributed by atoms with Crippen molar-refractivity contribution in [3.63, 3.8) is 0 Å². The highest BCUT2D eigenvalue weighted by molar-refractivity contribution is 7.98. The van der Waals surface area contributed by atoms with Crippen LogP contribution in [0.15, 0.2) is 53.4 Å². The Morgan fingerprint density at radius 2 is 1.97 bits per heavy atom. The van der Waals surface area contributed by atoms with Gasteiger partial charge in [0.2, 0.25) is 0 Å². The third-order valence-corrected chi connectivity index (χ3v) is 7.84. The predicted octanol–water partition coefficient (Wildman–Crippen LogP) is 7.43. The van der Waals surface area contributed by atoms with Crippen LogP contribution in [0.1, 0.15) is 35.2 Å². The van der Waals surface area contributed by atoms with Crippen LogP contribution in [0.2, 0.25) is 5.02 Å². The molecule has 0 bridgehead atoms. The SMILES string of the molecule is CCc1cccc(Nc2nc(CSc3ccc(Cl)cc3)nc3sc4c(c23)CCC4)c1. The Morgan fingerprint density at radius 1 is 1.10 bits per heavy atom. The fraction of sp³-hybridized carbons (Fsp3) is 0.250. The number of fused-ring (bicyclic) bond motifs is 3. The molecule has 0 saturated heterocycles. The molecule has 2 aromatic carbocycles. The largest absolute Gasteiger partial charge is 0.340 e. The Kier molecular flexibility index (Phi) is 5.68. The molecule has 1 aliphatic carbocycles. The lowest BCUT2D eigenvalue weighted by atomic mass is 10.1. The number of hydrogen-bond donors (Lipinski definition) is 1. The Balaban J connectivity index is 1.50. The van der Waals surface area contributed by atoms with E-state index >= 15 is 0 Å². The first-order chi connectivity index (χ1) is 14.7. The molecule has 0 saturated carbocycles. The van der Waals surface area contributed by atoms with Crippen molar-refractivity contribution < 1.29 is 0 Å². The lowest BCUT2D eigenvalue weighted by molar-refractivity contribution is 0.917. The molecule has 1 N–H and O–H groups in total. The minimum Gasteiger partial charge on any atom is -0.340 e. The molecule has 0 atom stereocenters. The van der Waals surface area contributed by atoms with E-state index in [1.165, 1.54) is 32.7 Å². The van der Waals surface area contributed by atoms with Gasteiger partial charge in [0.05, 0.1) is 11.1 Å². The van der Waals surface area contributed by atoms with Gasteiger partial charge < -0.3 is 5.32 Å². The maximum Gasteiger partial charge on any atom is 0.143 e. The molecule has 4 aromatic rings. The van der Waals surface area contributed by atoms with Crippen molar-refractivity contribution in [1.29, 1.82) is 0 Å². The quantitative estimate of drug-likeness (QED) is 0.309. The first kappa shape index (κ1) is 19.9. The molecule has 3 nitrogen and oxygen atoms in total. The number of aromatic nitrogens is 2. The number of aryl methyl sites for hydroxylation is 3. The molecular weight excluding hydrogens is 430 g/mol. The van der Waals surface area contributed by atoms with Crippen molar-refractivity contribution in [2.24, 2.45) is 0 Å². The van der Waals surface area contributed by atoms with Gasteiger partial charge in [-0.2, -0.15) is 0 Å². The highest BCUT2D eigenvalue weighted by Gasteiger charge is 2.22. The fourth-order valence-electron chi connectivity index (χ4n) is 3.88. The number of nitrogens with zero attached hydrogens (tertiary/aromatic N) is 2. The summed E-state index contributed by atoms with van der Waals surface area (Å²) in [6.07, 6.45) is 4.54. The van der Waals surface area contributed by atoms with Crippen molar-refractivity contribution in [3.05, 3.63) is 75.4 Å². The standard InChI is InChI=1S/C24H22ClN3S2/c1-2-15-5-3-6-17(13-15)26-23-22-19-7-4-8-20(19)30-24(22)28-21(27-23)14-29-18-11-9-16(25)10-12-18/h3,5-6,9-13H,2,4,7-8,14H2,1H3,(H,26,27,28). The lowest BCUT2D eigenvalue weighted by Crippen LogP contribution is -2.01. The third-order valence-electron chi connectivity index (χ3n) is 5.39. The highest BCUT2D eigenvalue weighted by atomic mass is 35.5. The zero-order valence-electron chi connectivity index (χ0n) is 16.7. The molecule has 0 radical (unpaired) electrons. The van der Waals surface area contributed by atoms with Gasteiger partial charge in [0, 0.05) is 20.5 Å². The highest BCUT2D eigenvalue weighted by Crippen LogP contribution is 2.40. The summed E-state index contributed by atoms with van der Waals surface area (Å²) in [5, 5.41) is 5.59. The molecule has 0 aliphatic heterocycles. The van der Waals surface area contributed by atoms with E-state index in [-0.39, 0.29) is 0 Å². The summed E-state index contributed by atoms with van der Waals surface area (Å²) in [5.41, 5.74) is 3.85. The molecule has 5 rings (SSSR count). The second-order valence-electron chi connectivity index (χ2n) is 7.45. The molecular formula is C24H22ClN3S2. The number of halogens is 1. The van der Waals surface area contributed by atoms with E-state index < -0.39 is 0 Å². The van der Waals surface area contributed by atoms with E-state index in [1.54, 1.807) is 11.8 Å². The Morgan fingerprint density at radius 3 is 2.80 bits per heavy atom. The van der Waals surface area contributed by atoms with E-state index in [0.717, 1.165) is 52.2 Å². The maximum atomic E-state index is 6.01. The van der Waals surface area contributed by atoms with E-state index in [1.807, 2.05) is 35.6 Å². The summed E-state index contributed by atoms with van der Waals surface area (Å²) in [4.78, 5) is 13.7. The van der Waals surface area contributed by atoms with Gasteiger partial charge in [0.25, 0.3) is 0 Å². The molecule has 0 fully saturated rings. The van der Waals surface area contributed by atoms with Crippen molar-refractivity contribution in [1.82, 2.24) is 9.97 Å². The summed E-state index contributed by atoms with van der Waals surface area (Å²) < 4.78 is 0. The van der Waals surface area contributed by atoms with Gasteiger partial charge in [-0.05, 0) is 73.2 Å². The summed E-state index contributed by atoms with van der Waals surface area (Å²) >= 11 is 9.58. The van der Waals surface area contributed by atoms with E-state index in [2.05, 4.69) is 36.5 Å². The van der Waals surface area contributed by atoms with Crippen LogP contribution in [-0.2, 0) is 25.0 Å². The number of thiophene rings is 1. The van der Waals surface area contributed by atoms with E-state index in [9.17, 15) is 0 Å². The van der Waals surface area contributed by atoms with Gasteiger partial charge in [-0.3, -0.25) is 0 Å². The first-order valence-electron chi connectivity index (χ1n) is 10.2. The molecule has 0 unspecified atom stereocenters. The van der Waals surface area contributed by atoms with Crippen LogP contribution in [0.4, 0.5) is 11.5 Å². The monoisotopic (exact) mass is 451 g/mol. The Bertz CT molecular complexity index is 1200. The van der Waals surface area contributed by atoms with Crippen molar-refractivity contribution in [2.45, 2.75) is 43.3 Å². The topological polar surface area (TPSA) is 37.8 Å². The lowest BCUT2D eigenvalue weighted by Gasteiger charge is -2.11. The maximum absolute atomic E-state index is 6.01. The summed E-state index contributed by atoms with van der Waals surface area (Å²) in [6.45, 7) is 2.18. The average molecular weight is 452 g/mol. The van der Waals surface area contributed by atoms with Crippen molar-refractivity contribution in [3.8, 4) is 0 Å². The number of benzene rings is 2. The van der Waals surface area contributed by atoms with Gasteiger partial charge in [0.15, 0.2) is 0 Å². The molecule has 2 heterocycles. The van der Waals surface area contributed by atoms with Crippen molar-refractivity contribution in [2.75, 3.05) is 5.32 Å². The number of anilines is 2. The molecule has 1 aliphatic rings. The van der Waals surface area contributed by atoms with Crippen LogP contribution in [0.25, 0.3) is 10.2 Å². The zero-order valence-corrected chi connectivity index (χ0v) is 19.1. The van der Waals surface area contributed by atoms with Gasteiger partial charge in [-0.15, -0.1) is 23.1 Å². The number of nitrogens with one attached hydrogen (secondary N) is 1. The minimum absolute atomic E-state index is 0.726.